The molecule has 1 atom stereocenters. The number of rotatable bonds is 4. The van der Waals surface area contributed by atoms with E-state index in [0.717, 1.165) is 5.56 Å². The van der Waals surface area contributed by atoms with Gasteiger partial charge in [-0.2, -0.15) is 0 Å². The molecule has 3 rings (SSSR count). The Morgan fingerprint density at radius 1 is 1.35 bits per heavy atom. The van der Waals surface area contributed by atoms with E-state index in [9.17, 15) is 9.59 Å². The van der Waals surface area contributed by atoms with Crippen molar-refractivity contribution >= 4 is 40.7 Å². The molecule has 1 aliphatic rings. The molecule has 0 radical (unpaired) electrons. The highest BCUT2D eigenvalue weighted by molar-refractivity contribution is 6.35. The van der Waals surface area contributed by atoms with Crippen molar-refractivity contribution in [2.24, 2.45) is 0 Å². The number of hydrogen-bond acceptors (Lipinski definition) is 3. The maximum atomic E-state index is 12.4. The van der Waals surface area contributed by atoms with Gasteiger partial charge < -0.3 is 9.73 Å². The fraction of sp³-hybridized carbons (Fsp3) is 0.250. The van der Waals surface area contributed by atoms with Crippen molar-refractivity contribution in [2.45, 2.75) is 25.4 Å². The minimum absolute atomic E-state index is 0.0870. The predicted octanol–water partition coefficient (Wildman–Crippen LogP) is 3.40. The Balaban J connectivity index is 1.69. The molecule has 2 aromatic rings. The van der Waals surface area contributed by atoms with Crippen LogP contribution >= 0.6 is 23.2 Å². The molecule has 2 heterocycles. The summed E-state index contributed by atoms with van der Waals surface area (Å²) in [6, 6.07) is 6.23. The van der Waals surface area contributed by atoms with Crippen molar-refractivity contribution in [3.8, 4) is 0 Å². The first-order chi connectivity index (χ1) is 11.1. The highest BCUT2D eigenvalue weighted by Crippen LogP contribution is 2.27. The van der Waals surface area contributed by atoms with Gasteiger partial charge in [0.1, 0.15) is 12.3 Å². The molecule has 2 amide bonds. The summed E-state index contributed by atoms with van der Waals surface area (Å²) in [5.41, 5.74) is 1.36. The SMILES string of the molecule is O=C(NCc1ccc(Cl)cc1Cl)C1CCC(=O)N1c1ccoc1. The Kier molecular flexibility index (Phi) is 4.59. The van der Waals surface area contributed by atoms with E-state index in [2.05, 4.69) is 5.32 Å². The van der Waals surface area contributed by atoms with E-state index >= 15 is 0 Å². The summed E-state index contributed by atoms with van der Waals surface area (Å²) < 4.78 is 5.00. The van der Waals surface area contributed by atoms with Gasteiger partial charge in [0.05, 0.1) is 12.0 Å². The molecule has 0 spiro atoms. The van der Waals surface area contributed by atoms with Crippen LogP contribution in [0.25, 0.3) is 0 Å². The van der Waals surface area contributed by atoms with Crippen LogP contribution in [-0.4, -0.2) is 17.9 Å². The number of furan rings is 1. The number of carbonyl (C=O) groups is 2. The van der Waals surface area contributed by atoms with Crippen LogP contribution in [-0.2, 0) is 16.1 Å². The van der Waals surface area contributed by atoms with Crippen LogP contribution in [0, 0.1) is 0 Å². The van der Waals surface area contributed by atoms with E-state index in [-0.39, 0.29) is 18.4 Å². The van der Waals surface area contributed by atoms with Gasteiger partial charge in [0.15, 0.2) is 0 Å². The van der Waals surface area contributed by atoms with Crippen LogP contribution in [0.3, 0.4) is 0 Å². The van der Waals surface area contributed by atoms with Gasteiger partial charge in [0, 0.05) is 29.1 Å². The van der Waals surface area contributed by atoms with E-state index in [1.807, 2.05) is 0 Å². The number of carbonyl (C=O) groups excluding carboxylic acids is 2. The lowest BCUT2D eigenvalue weighted by atomic mass is 10.2. The molecule has 1 aliphatic heterocycles. The van der Waals surface area contributed by atoms with Crippen molar-refractivity contribution in [2.75, 3.05) is 4.90 Å². The Hall–Kier alpha value is -1.98. The molecule has 1 saturated heterocycles. The maximum absolute atomic E-state index is 12.4. The molecule has 1 aromatic carbocycles. The van der Waals surface area contributed by atoms with Crippen molar-refractivity contribution in [1.82, 2.24) is 5.32 Å². The van der Waals surface area contributed by atoms with E-state index in [4.69, 9.17) is 27.6 Å². The summed E-state index contributed by atoms with van der Waals surface area (Å²) in [4.78, 5) is 25.9. The Labute approximate surface area is 143 Å². The molecule has 0 aliphatic carbocycles. The smallest absolute Gasteiger partial charge is 0.243 e. The second kappa shape index (κ2) is 6.64. The number of benzene rings is 1. The highest BCUT2D eigenvalue weighted by atomic mass is 35.5. The van der Waals surface area contributed by atoms with Crippen molar-refractivity contribution in [3.05, 3.63) is 52.4 Å². The second-order valence-electron chi connectivity index (χ2n) is 5.25. The first kappa shape index (κ1) is 15.9. The summed E-state index contributed by atoms with van der Waals surface area (Å²) in [6.45, 7) is 0.277. The molecular formula is C16H14Cl2N2O3. The largest absolute Gasteiger partial charge is 0.470 e. The molecule has 1 N–H and O–H groups in total. The summed E-state index contributed by atoms with van der Waals surface area (Å²) in [7, 11) is 0. The van der Waals surface area contributed by atoms with E-state index in [1.54, 1.807) is 24.3 Å². The minimum atomic E-state index is -0.536. The third-order valence-corrected chi connectivity index (χ3v) is 4.35. The van der Waals surface area contributed by atoms with E-state index in [1.165, 1.54) is 17.4 Å². The van der Waals surface area contributed by atoms with E-state index in [0.29, 0.717) is 28.6 Å². The number of anilines is 1. The number of halogens is 2. The molecule has 1 aromatic heterocycles. The molecule has 7 heteroatoms. The normalized spacial score (nSPS) is 17.6. The number of hydrogen-bond donors (Lipinski definition) is 1. The summed E-state index contributed by atoms with van der Waals surface area (Å²) in [5.74, 6) is -0.306. The van der Waals surface area contributed by atoms with Gasteiger partial charge in [-0.15, -0.1) is 0 Å². The van der Waals surface area contributed by atoms with E-state index < -0.39 is 6.04 Å². The fourth-order valence-corrected chi connectivity index (χ4v) is 3.09. The maximum Gasteiger partial charge on any atom is 0.243 e. The van der Waals surface area contributed by atoms with Gasteiger partial charge >= 0.3 is 0 Å². The molecule has 23 heavy (non-hydrogen) atoms. The number of nitrogens with one attached hydrogen (secondary N) is 1. The quantitative estimate of drug-likeness (QED) is 0.916. The Morgan fingerprint density at radius 3 is 2.87 bits per heavy atom. The summed E-state index contributed by atoms with van der Waals surface area (Å²) >= 11 is 11.9. The van der Waals surface area contributed by atoms with Crippen molar-refractivity contribution in [3.63, 3.8) is 0 Å². The molecule has 0 saturated carbocycles. The van der Waals surface area contributed by atoms with Gasteiger partial charge in [0.2, 0.25) is 11.8 Å². The van der Waals surface area contributed by atoms with Crippen LogP contribution in [0.5, 0.6) is 0 Å². The van der Waals surface area contributed by atoms with Crippen LogP contribution in [0.2, 0.25) is 10.0 Å². The lowest BCUT2D eigenvalue weighted by molar-refractivity contribution is -0.124. The minimum Gasteiger partial charge on any atom is -0.470 e. The zero-order chi connectivity index (χ0) is 16.4. The fourth-order valence-electron chi connectivity index (χ4n) is 2.62. The average molecular weight is 353 g/mol. The first-order valence-electron chi connectivity index (χ1n) is 7.12. The second-order valence-corrected chi connectivity index (χ2v) is 6.10. The molecule has 1 fully saturated rings. The van der Waals surface area contributed by atoms with Crippen LogP contribution in [0.15, 0.2) is 41.2 Å². The molecule has 1 unspecified atom stereocenters. The van der Waals surface area contributed by atoms with Crippen LogP contribution in [0.1, 0.15) is 18.4 Å². The van der Waals surface area contributed by atoms with Gasteiger partial charge in [-0.25, -0.2) is 0 Å². The van der Waals surface area contributed by atoms with Gasteiger partial charge in [-0.05, 0) is 24.1 Å². The Bertz CT molecular complexity index is 731. The average Bonchev–Trinajstić information content (AvgIpc) is 3.15. The third-order valence-electron chi connectivity index (χ3n) is 3.77. The zero-order valence-corrected chi connectivity index (χ0v) is 13.6. The monoisotopic (exact) mass is 352 g/mol. The molecule has 0 bridgehead atoms. The summed E-state index contributed by atoms with van der Waals surface area (Å²) in [6.07, 6.45) is 3.75. The van der Waals surface area contributed by atoms with Gasteiger partial charge in [-0.3, -0.25) is 14.5 Å². The molecule has 5 nitrogen and oxygen atoms in total. The highest BCUT2D eigenvalue weighted by Gasteiger charge is 2.37. The van der Waals surface area contributed by atoms with Gasteiger partial charge in [-0.1, -0.05) is 29.3 Å². The predicted molar refractivity (Wildman–Crippen MR) is 87.5 cm³/mol. The molecule has 120 valence electrons. The van der Waals surface area contributed by atoms with Crippen LogP contribution < -0.4 is 10.2 Å². The van der Waals surface area contributed by atoms with Crippen LogP contribution in [0.4, 0.5) is 5.69 Å². The first-order valence-corrected chi connectivity index (χ1v) is 7.88. The lowest BCUT2D eigenvalue weighted by Crippen LogP contribution is -2.44. The van der Waals surface area contributed by atoms with Crippen molar-refractivity contribution in [1.29, 1.82) is 0 Å². The summed E-state index contributed by atoms with van der Waals surface area (Å²) in [5, 5.41) is 3.85. The zero-order valence-electron chi connectivity index (χ0n) is 12.1. The van der Waals surface area contributed by atoms with Crippen molar-refractivity contribution < 1.29 is 14.0 Å². The Morgan fingerprint density at radius 2 is 2.17 bits per heavy atom. The number of nitrogens with zero attached hydrogens (tertiary/aromatic N) is 1. The lowest BCUT2D eigenvalue weighted by Gasteiger charge is -2.22. The van der Waals surface area contributed by atoms with Gasteiger partial charge in [0.25, 0.3) is 0 Å². The topological polar surface area (TPSA) is 62.6 Å². The number of amides is 2. The third kappa shape index (κ3) is 3.35. The standard InChI is InChI=1S/C16H14Cl2N2O3/c17-11-2-1-10(13(18)7-11)8-19-16(22)14-3-4-15(21)20(14)12-5-6-23-9-12/h1-2,5-7,9,14H,3-4,8H2,(H,19,22). The molecular weight excluding hydrogens is 339 g/mol.